The van der Waals surface area contributed by atoms with Crippen LogP contribution in [0.4, 0.5) is 10.5 Å². The maximum absolute atomic E-state index is 13.4. The van der Waals surface area contributed by atoms with Crippen molar-refractivity contribution in [2.75, 3.05) is 12.0 Å². The third kappa shape index (κ3) is 4.21. The first-order valence-corrected chi connectivity index (χ1v) is 10.1. The van der Waals surface area contributed by atoms with Crippen LogP contribution in [-0.4, -0.2) is 23.9 Å². The summed E-state index contributed by atoms with van der Waals surface area (Å²) in [5, 5.41) is 0. The molecule has 156 valence electrons. The van der Waals surface area contributed by atoms with E-state index < -0.39 is 5.92 Å². The SMILES string of the molecule is C=C1C(Cc2ccc(OC)cc2)C(=O)N(Cc2ccccc2)C(=O)N1c1ccccc1. The molecule has 0 aromatic heterocycles. The highest BCUT2D eigenvalue weighted by Gasteiger charge is 2.42. The fourth-order valence-corrected chi connectivity index (χ4v) is 3.79. The molecule has 3 aromatic carbocycles. The van der Waals surface area contributed by atoms with Gasteiger partial charge in [-0.15, -0.1) is 0 Å². The molecule has 5 nitrogen and oxygen atoms in total. The van der Waals surface area contributed by atoms with E-state index in [0.717, 1.165) is 16.9 Å². The first-order valence-electron chi connectivity index (χ1n) is 10.1. The number of benzene rings is 3. The predicted octanol–water partition coefficient (Wildman–Crippen LogP) is 5.04. The highest BCUT2D eigenvalue weighted by molar-refractivity contribution is 6.10. The van der Waals surface area contributed by atoms with Crippen LogP contribution in [0, 0.1) is 5.92 Å². The molecule has 1 aliphatic rings. The fraction of sp³-hybridized carbons (Fsp3) is 0.154. The van der Waals surface area contributed by atoms with Gasteiger partial charge in [0.25, 0.3) is 0 Å². The summed E-state index contributed by atoms with van der Waals surface area (Å²) in [6, 6.07) is 26.1. The van der Waals surface area contributed by atoms with Crippen LogP contribution in [0.15, 0.2) is 97.2 Å². The van der Waals surface area contributed by atoms with E-state index in [1.165, 1.54) is 4.90 Å². The first-order chi connectivity index (χ1) is 15.1. The van der Waals surface area contributed by atoms with E-state index >= 15 is 0 Å². The van der Waals surface area contributed by atoms with E-state index in [1.54, 1.807) is 12.0 Å². The third-order valence-corrected chi connectivity index (χ3v) is 5.47. The summed E-state index contributed by atoms with van der Waals surface area (Å²) in [5.41, 5.74) is 3.05. The zero-order valence-corrected chi connectivity index (χ0v) is 17.4. The van der Waals surface area contributed by atoms with E-state index in [-0.39, 0.29) is 18.5 Å². The minimum Gasteiger partial charge on any atom is -0.497 e. The van der Waals surface area contributed by atoms with Crippen molar-refractivity contribution in [2.24, 2.45) is 5.92 Å². The highest BCUT2D eigenvalue weighted by Crippen LogP contribution is 2.33. The number of ether oxygens (including phenoxy) is 1. The van der Waals surface area contributed by atoms with Crippen LogP contribution in [-0.2, 0) is 17.8 Å². The molecule has 0 aliphatic carbocycles. The summed E-state index contributed by atoms with van der Waals surface area (Å²) in [5.74, 6) is -0.0267. The van der Waals surface area contributed by atoms with E-state index in [2.05, 4.69) is 6.58 Å². The van der Waals surface area contributed by atoms with Crippen LogP contribution in [0.1, 0.15) is 11.1 Å². The normalized spacial score (nSPS) is 16.5. The van der Waals surface area contributed by atoms with E-state index in [0.29, 0.717) is 17.8 Å². The maximum atomic E-state index is 13.4. The van der Waals surface area contributed by atoms with Crippen molar-refractivity contribution in [3.05, 3.63) is 108 Å². The van der Waals surface area contributed by atoms with Crippen molar-refractivity contribution in [1.29, 1.82) is 0 Å². The second-order valence-corrected chi connectivity index (χ2v) is 7.46. The fourth-order valence-electron chi connectivity index (χ4n) is 3.79. The highest BCUT2D eigenvalue weighted by atomic mass is 16.5. The molecule has 0 N–H and O–H groups in total. The summed E-state index contributed by atoms with van der Waals surface area (Å²) in [7, 11) is 1.62. The average molecular weight is 412 g/mol. The van der Waals surface area contributed by atoms with Gasteiger partial charge in [0, 0.05) is 5.70 Å². The summed E-state index contributed by atoms with van der Waals surface area (Å²) in [6.07, 6.45) is 0.448. The Balaban J connectivity index is 1.69. The molecule has 4 rings (SSSR count). The van der Waals surface area contributed by atoms with Gasteiger partial charge in [-0.2, -0.15) is 0 Å². The van der Waals surface area contributed by atoms with Crippen molar-refractivity contribution < 1.29 is 14.3 Å². The Bertz CT molecular complexity index is 1080. The molecule has 3 amide bonds. The molecule has 1 unspecified atom stereocenters. The Morgan fingerprint density at radius 2 is 1.45 bits per heavy atom. The van der Waals surface area contributed by atoms with E-state index in [4.69, 9.17) is 4.74 Å². The Morgan fingerprint density at radius 3 is 2.06 bits per heavy atom. The molecule has 1 atom stereocenters. The van der Waals surface area contributed by atoms with Gasteiger partial charge in [-0.05, 0) is 41.8 Å². The number of hydrogen-bond acceptors (Lipinski definition) is 3. The predicted molar refractivity (Wildman–Crippen MR) is 121 cm³/mol. The number of carbonyl (C=O) groups is 2. The lowest BCUT2D eigenvalue weighted by Gasteiger charge is -2.40. The molecule has 1 aliphatic heterocycles. The number of rotatable bonds is 6. The number of methoxy groups -OCH3 is 1. The standard InChI is InChI=1S/C26H24N2O3/c1-19-24(17-20-13-15-23(31-2)16-14-20)25(29)27(18-21-9-5-3-6-10-21)26(30)28(19)22-11-7-4-8-12-22/h3-16,24H,1,17-18H2,2H3. The number of urea groups is 1. The molecule has 0 spiro atoms. The molecule has 1 heterocycles. The summed E-state index contributed by atoms with van der Waals surface area (Å²) < 4.78 is 5.23. The Kier molecular flexibility index (Phi) is 5.85. The van der Waals surface area contributed by atoms with Gasteiger partial charge in [-0.25, -0.2) is 4.79 Å². The number of hydrogen-bond donors (Lipinski definition) is 0. The zero-order valence-electron chi connectivity index (χ0n) is 17.4. The molecule has 0 saturated carbocycles. The van der Waals surface area contributed by atoms with Crippen LogP contribution in [0.5, 0.6) is 5.75 Å². The minimum atomic E-state index is -0.546. The molecular formula is C26H24N2O3. The smallest absolute Gasteiger partial charge is 0.335 e. The van der Waals surface area contributed by atoms with Crippen molar-refractivity contribution in [2.45, 2.75) is 13.0 Å². The van der Waals surface area contributed by atoms with Crippen LogP contribution < -0.4 is 9.64 Å². The first kappa shape index (κ1) is 20.4. The lowest BCUT2D eigenvalue weighted by molar-refractivity contribution is -0.132. The number of para-hydroxylation sites is 1. The van der Waals surface area contributed by atoms with Gasteiger partial charge in [0.05, 0.1) is 25.3 Å². The summed E-state index contributed by atoms with van der Waals surface area (Å²) in [6.45, 7) is 4.38. The van der Waals surface area contributed by atoms with Crippen LogP contribution in [0.3, 0.4) is 0 Å². The van der Waals surface area contributed by atoms with Crippen LogP contribution in [0.25, 0.3) is 0 Å². The number of amides is 3. The molecular weight excluding hydrogens is 388 g/mol. The van der Waals surface area contributed by atoms with Crippen molar-refractivity contribution in [3.8, 4) is 5.75 Å². The van der Waals surface area contributed by atoms with Gasteiger partial charge in [0.2, 0.25) is 5.91 Å². The lowest BCUT2D eigenvalue weighted by atomic mass is 9.92. The van der Waals surface area contributed by atoms with Gasteiger partial charge in [0.15, 0.2) is 0 Å². The number of imide groups is 1. The van der Waals surface area contributed by atoms with Gasteiger partial charge in [-0.1, -0.05) is 67.2 Å². The molecule has 5 heteroatoms. The Morgan fingerprint density at radius 1 is 0.839 bits per heavy atom. The van der Waals surface area contributed by atoms with Crippen molar-refractivity contribution in [1.82, 2.24) is 4.90 Å². The van der Waals surface area contributed by atoms with Gasteiger partial charge in [-0.3, -0.25) is 14.6 Å². The van der Waals surface area contributed by atoms with Crippen LogP contribution in [0.2, 0.25) is 0 Å². The quantitative estimate of drug-likeness (QED) is 0.570. The monoisotopic (exact) mass is 412 g/mol. The van der Waals surface area contributed by atoms with Gasteiger partial charge in [0.1, 0.15) is 5.75 Å². The summed E-state index contributed by atoms with van der Waals surface area (Å²) >= 11 is 0. The molecule has 1 saturated heterocycles. The zero-order chi connectivity index (χ0) is 21.8. The number of nitrogens with zero attached hydrogens (tertiary/aromatic N) is 2. The van der Waals surface area contributed by atoms with Gasteiger partial charge >= 0.3 is 6.03 Å². The summed E-state index contributed by atoms with van der Waals surface area (Å²) in [4.78, 5) is 29.7. The number of carbonyl (C=O) groups excluding carboxylic acids is 2. The van der Waals surface area contributed by atoms with E-state index in [1.807, 2.05) is 84.9 Å². The Hall–Kier alpha value is -3.86. The van der Waals surface area contributed by atoms with Gasteiger partial charge < -0.3 is 4.74 Å². The van der Waals surface area contributed by atoms with Crippen molar-refractivity contribution >= 4 is 17.6 Å². The molecule has 0 radical (unpaired) electrons. The van der Waals surface area contributed by atoms with Crippen molar-refractivity contribution in [3.63, 3.8) is 0 Å². The lowest BCUT2D eigenvalue weighted by Crippen LogP contribution is -2.55. The molecule has 31 heavy (non-hydrogen) atoms. The van der Waals surface area contributed by atoms with E-state index in [9.17, 15) is 9.59 Å². The average Bonchev–Trinajstić information content (AvgIpc) is 2.81. The molecule has 3 aromatic rings. The third-order valence-electron chi connectivity index (χ3n) is 5.47. The maximum Gasteiger partial charge on any atom is 0.335 e. The molecule has 0 bridgehead atoms. The molecule has 1 fully saturated rings. The second-order valence-electron chi connectivity index (χ2n) is 7.46. The largest absolute Gasteiger partial charge is 0.497 e. The second kappa shape index (κ2) is 8.88. The van der Waals surface area contributed by atoms with Crippen LogP contribution >= 0.6 is 0 Å². The minimum absolute atomic E-state index is 0.217. The Labute approximate surface area is 182 Å². The number of anilines is 1. The topological polar surface area (TPSA) is 49.9 Å².